The number of aromatic nitrogens is 3. The summed E-state index contributed by atoms with van der Waals surface area (Å²) in [7, 11) is 1.76. The highest BCUT2D eigenvalue weighted by atomic mass is 16.2. The van der Waals surface area contributed by atoms with Crippen LogP contribution in [0.4, 0.5) is 0 Å². The van der Waals surface area contributed by atoms with Crippen LogP contribution in [-0.4, -0.2) is 26.2 Å². The molecule has 0 atom stereocenters. The maximum atomic E-state index is 12.9. The number of nitrogens with one attached hydrogen (secondary N) is 2. The fourth-order valence-electron chi connectivity index (χ4n) is 3.00. The average molecular weight is 385 g/mol. The van der Waals surface area contributed by atoms with Crippen molar-refractivity contribution in [3.8, 4) is 16.9 Å². The third kappa shape index (κ3) is 3.79. The topological polar surface area (TPSA) is 81.0 Å². The molecule has 2 N–H and O–H groups in total. The van der Waals surface area contributed by atoms with E-state index in [0.29, 0.717) is 17.0 Å². The van der Waals surface area contributed by atoms with Gasteiger partial charge in [0, 0.05) is 25.0 Å². The van der Waals surface area contributed by atoms with Crippen molar-refractivity contribution >= 4 is 11.8 Å². The largest absolute Gasteiger partial charge is 0.347 e. The van der Waals surface area contributed by atoms with E-state index in [1.165, 1.54) is 0 Å². The van der Waals surface area contributed by atoms with Gasteiger partial charge in [0.2, 0.25) is 0 Å². The lowest BCUT2D eigenvalue weighted by Gasteiger charge is -2.08. The van der Waals surface area contributed by atoms with E-state index in [9.17, 15) is 9.59 Å². The van der Waals surface area contributed by atoms with Gasteiger partial charge in [0.25, 0.3) is 11.8 Å². The van der Waals surface area contributed by atoms with E-state index in [0.717, 1.165) is 11.3 Å². The van der Waals surface area contributed by atoms with Crippen molar-refractivity contribution in [3.63, 3.8) is 0 Å². The van der Waals surface area contributed by atoms with E-state index in [2.05, 4.69) is 16.0 Å². The first-order valence-corrected chi connectivity index (χ1v) is 9.06. The van der Waals surface area contributed by atoms with Crippen molar-refractivity contribution in [2.75, 3.05) is 0 Å². The number of aryl methyl sites for hydroxylation is 1. The first-order chi connectivity index (χ1) is 14.1. The number of rotatable bonds is 4. The van der Waals surface area contributed by atoms with Crippen molar-refractivity contribution in [2.45, 2.75) is 0 Å². The number of hydrogen-bond acceptors (Lipinski definition) is 3. The van der Waals surface area contributed by atoms with Crippen molar-refractivity contribution in [3.05, 3.63) is 96.4 Å². The predicted octanol–water partition coefficient (Wildman–Crippen LogP) is 2.95. The molecule has 0 fully saturated rings. The summed E-state index contributed by atoms with van der Waals surface area (Å²) in [6, 6.07) is 22.4. The fourth-order valence-corrected chi connectivity index (χ4v) is 3.00. The quantitative estimate of drug-likeness (QED) is 0.530. The lowest BCUT2D eigenvalue weighted by molar-refractivity contribution is 0.0842. The lowest BCUT2D eigenvalue weighted by Crippen LogP contribution is -2.42. The van der Waals surface area contributed by atoms with Crippen LogP contribution in [0.1, 0.15) is 20.8 Å². The number of amides is 2. The normalized spacial score (nSPS) is 10.5. The van der Waals surface area contributed by atoms with E-state index >= 15 is 0 Å². The molecule has 0 saturated heterocycles. The Morgan fingerprint density at radius 2 is 1.48 bits per heavy atom. The Hall–Kier alpha value is -4.13. The maximum absolute atomic E-state index is 12.9. The molecule has 0 aliphatic heterocycles. The van der Waals surface area contributed by atoms with Gasteiger partial charge in [0.15, 0.2) is 0 Å². The average Bonchev–Trinajstić information content (AvgIpc) is 3.40. The molecular formula is C22H19N5O2. The monoisotopic (exact) mass is 385 g/mol. The van der Waals surface area contributed by atoms with Crippen LogP contribution in [-0.2, 0) is 7.05 Å². The number of hydrogen-bond donors (Lipinski definition) is 2. The molecular weight excluding hydrogens is 366 g/mol. The van der Waals surface area contributed by atoms with Crippen LogP contribution in [0.2, 0.25) is 0 Å². The van der Waals surface area contributed by atoms with E-state index in [1.54, 1.807) is 40.8 Å². The highest BCUT2D eigenvalue weighted by Gasteiger charge is 2.19. The molecule has 4 rings (SSSR count). The molecule has 0 radical (unpaired) electrons. The van der Waals surface area contributed by atoms with Gasteiger partial charge in [-0.05, 0) is 24.3 Å². The molecule has 29 heavy (non-hydrogen) atoms. The standard InChI is InChI=1S/C22H19N5O2/c1-26-14-8-13-19(26)22(29)24-23-21(28)18-15-27(17-11-6-3-7-12-17)25-20(18)16-9-4-2-5-10-16/h2-15H,1H3,(H,23,28)(H,24,29). The van der Waals surface area contributed by atoms with Crippen LogP contribution >= 0.6 is 0 Å². The maximum Gasteiger partial charge on any atom is 0.286 e. The molecule has 0 aliphatic rings. The van der Waals surface area contributed by atoms with Gasteiger partial charge in [-0.15, -0.1) is 0 Å². The number of carbonyl (C=O) groups excluding carboxylic acids is 2. The highest BCUT2D eigenvalue weighted by Crippen LogP contribution is 2.23. The second-order valence-corrected chi connectivity index (χ2v) is 6.45. The van der Waals surface area contributed by atoms with Crippen molar-refractivity contribution < 1.29 is 9.59 Å². The van der Waals surface area contributed by atoms with E-state index in [1.807, 2.05) is 60.7 Å². The summed E-state index contributed by atoms with van der Waals surface area (Å²) in [5.74, 6) is -0.851. The third-order valence-corrected chi connectivity index (χ3v) is 4.49. The predicted molar refractivity (Wildman–Crippen MR) is 109 cm³/mol. The Morgan fingerprint density at radius 1 is 0.828 bits per heavy atom. The summed E-state index contributed by atoms with van der Waals surface area (Å²) in [5, 5.41) is 4.60. The summed E-state index contributed by atoms with van der Waals surface area (Å²) in [5.41, 5.74) is 7.90. The van der Waals surface area contributed by atoms with Gasteiger partial charge >= 0.3 is 0 Å². The molecule has 2 aromatic carbocycles. The van der Waals surface area contributed by atoms with Crippen LogP contribution < -0.4 is 10.9 Å². The van der Waals surface area contributed by atoms with Gasteiger partial charge in [0.05, 0.1) is 11.3 Å². The minimum absolute atomic E-state index is 0.354. The first kappa shape index (κ1) is 18.2. The van der Waals surface area contributed by atoms with Gasteiger partial charge in [0.1, 0.15) is 11.4 Å². The molecule has 144 valence electrons. The van der Waals surface area contributed by atoms with Gasteiger partial charge < -0.3 is 4.57 Å². The zero-order valence-corrected chi connectivity index (χ0v) is 15.7. The van der Waals surface area contributed by atoms with Crippen LogP contribution in [0.3, 0.4) is 0 Å². The number of hydrazine groups is 1. The van der Waals surface area contributed by atoms with Crippen molar-refractivity contribution in [1.29, 1.82) is 0 Å². The number of carbonyl (C=O) groups is 2. The Kier molecular flexibility index (Phi) is 4.94. The Morgan fingerprint density at radius 3 is 2.14 bits per heavy atom. The van der Waals surface area contributed by atoms with E-state index in [-0.39, 0.29) is 0 Å². The Bertz CT molecular complexity index is 1150. The van der Waals surface area contributed by atoms with Gasteiger partial charge in [-0.25, -0.2) is 4.68 Å². The van der Waals surface area contributed by atoms with Crippen molar-refractivity contribution in [1.82, 2.24) is 25.2 Å². The zero-order valence-electron chi connectivity index (χ0n) is 15.7. The fraction of sp³-hybridized carbons (Fsp3) is 0.0455. The smallest absolute Gasteiger partial charge is 0.286 e. The highest BCUT2D eigenvalue weighted by molar-refractivity contribution is 6.02. The van der Waals surface area contributed by atoms with Crippen molar-refractivity contribution in [2.24, 2.45) is 7.05 Å². The van der Waals surface area contributed by atoms with E-state index in [4.69, 9.17) is 0 Å². The molecule has 0 aliphatic carbocycles. The molecule has 0 unspecified atom stereocenters. The molecule has 2 aromatic heterocycles. The van der Waals surface area contributed by atoms with Crippen LogP contribution in [0.15, 0.2) is 85.2 Å². The first-order valence-electron chi connectivity index (χ1n) is 9.06. The summed E-state index contributed by atoms with van der Waals surface area (Å²) in [6.07, 6.45) is 3.41. The third-order valence-electron chi connectivity index (χ3n) is 4.49. The van der Waals surface area contributed by atoms with Gasteiger partial charge in [-0.3, -0.25) is 20.4 Å². The minimum Gasteiger partial charge on any atom is -0.347 e. The molecule has 7 nitrogen and oxygen atoms in total. The Balaban J connectivity index is 1.63. The van der Waals surface area contributed by atoms with Crippen LogP contribution in [0, 0.1) is 0 Å². The molecule has 7 heteroatoms. The molecule has 4 aromatic rings. The zero-order chi connectivity index (χ0) is 20.2. The SMILES string of the molecule is Cn1cccc1C(=O)NNC(=O)c1cn(-c2ccccc2)nc1-c1ccccc1. The van der Waals surface area contributed by atoms with Crippen LogP contribution in [0.5, 0.6) is 0 Å². The number of nitrogens with zero attached hydrogens (tertiary/aromatic N) is 3. The molecule has 0 spiro atoms. The second kappa shape index (κ2) is 7.85. The summed E-state index contributed by atoms with van der Waals surface area (Å²) < 4.78 is 3.32. The second-order valence-electron chi connectivity index (χ2n) is 6.45. The Labute approximate surface area is 167 Å². The molecule has 0 bridgehead atoms. The lowest BCUT2D eigenvalue weighted by atomic mass is 10.1. The summed E-state index contributed by atoms with van der Waals surface area (Å²) in [4.78, 5) is 25.1. The molecule has 0 saturated carbocycles. The number of para-hydroxylation sites is 1. The summed E-state index contributed by atoms with van der Waals surface area (Å²) >= 11 is 0. The van der Waals surface area contributed by atoms with Gasteiger partial charge in [-0.1, -0.05) is 48.5 Å². The van der Waals surface area contributed by atoms with Gasteiger partial charge in [-0.2, -0.15) is 5.10 Å². The van der Waals surface area contributed by atoms with E-state index < -0.39 is 11.8 Å². The molecule has 2 heterocycles. The van der Waals surface area contributed by atoms with Crippen LogP contribution in [0.25, 0.3) is 16.9 Å². The minimum atomic E-state index is -0.450. The molecule has 2 amide bonds. The summed E-state index contributed by atoms with van der Waals surface area (Å²) in [6.45, 7) is 0. The number of benzene rings is 2.